The summed E-state index contributed by atoms with van der Waals surface area (Å²) >= 11 is 1.63. The molecule has 1 unspecified atom stereocenters. The Morgan fingerprint density at radius 1 is 1.22 bits per heavy atom. The van der Waals surface area contributed by atoms with Gasteiger partial charge in [0, 0.05) is 18.0 Å². The molecule has 0 aliphatic heterocycles. The third-order valence-corrected chi connectivity index (χ3v) is 4.66. The third kappa shape index (κ3) is 7.10. The first-order valence-electron chi connectivity index (χ1n) is 8.37. The number of rotatable bonds is 7. The van der Waals surface area contributed by atoms with Crippen LogP contribution in [0, 0.1) is 6.92 Å². The number of halogens is 3. The van der Waals surface area contributed by atoms with Gasteiger partial charge < -0.3 is 20.5 Å². The summed E-state index contributed by atoms with van der Waals surface area (Å²) in [5.41, 5.74) is 1.66. The van der Waals surface area contributed by atoms with Gasteiger partial charge in [-0.1, -0.05) is 12.1 Å². The Bertz CT molecular complexity index is 745. The number of alkyl halides is 3. The molecule has 9 heteroatoms. The van der Waals surface area contributed by atoms with Crippen LogP contribution < -0.4 is 15.4 Å². The summed E-state index contributed by atoms with van der Waals surface area (Å²) in [6.07, 6.45) is -5.64. The molecule has 2 rings (SSSR count). The topological polar surface area (TPSA) is 65.9 Å². The largest absolute Gasteiger partial charge is 0.573 e. The first-order valence-corrected chi connectivity index (χ1v) is 9.25. The van der Waals surface area contributed by atoms with E-state index in [0.29, 0.717) is 24.6 Å². The van der Waals surface area contributed by atoms with Gasteiger partial charge in [-0.05, 0) is 48.6 Å². The number of aryl methyl sites for hydroxylation is 1. The summed E-state index contributed by atoms with van der Waals surface area (Å²) < 4.78 is 40.4. The molecule has 0 bridgehead atoms. The smallest absolute Gasteiger partial charge is 0.406 e. The van der Waals surface area contributed by atoms with Crippen molar-refractivity contribution in [1.29, 1.82) is 0 Å². The quantitative estimate of drug-likeness (QED) is 0.488. The molecule has 2 aromatic rings. The van der Waals surface area contributed by atoms with Gasteiger partial charge in [-0.3, -0.25) is 0 Å². The van der Waals surface area contributed by atoms with Crippen LogP contribution in [0.4, 0.5) is 13.2 Å². The summed E-state index contributed by atoms with van der Waals surface area (Å²) in [7, 11) is 0. The second-order valence-corrected chi connectivity index (χ2v) is 6.74. The molecule has 3 N–H and O–H groups in total. The van der Waals surface area contributed by atoms with Gasteiger partial charge in [0.2, 0.25) is 0 Å². The number of aliphatic imine (C=N–C) groups is 1. The second kappa shape index (κ2) is 9.61. The Morgan fingerprint density at radius 3 is 2.48 bits per heavy atom. The number of hydrogen-bond acceptors (Lipinski definition) is 4. The molecule has 0 spiro atoms. The monoisotopic (exact) mass is 401 g/mol. The molecular formula is C18H22F3N3O2S. The van der Waals surface area contributed by atoms with Crippen LogP contribution in [0.2, 0.25) is 0 Å². The summed E-state index contributed by atoms with van der Waals surface area (Å²) in [6, 6.07) is 7.17. The van der Waals surface area contributed by atoms with Crippen LogP contribution in [-0.4, -0.2) is 30.5 Å². The van der Waals surface area contributed by atoms with Crippen LogP contribution >= 0.6 is 11.3 Å². The van der Waals surface area contributed by atoms with Crippen LogP contribution in [0.5, 0.6) is 5.75 Å². The van der Waals surface area contributed by atoms with Crippen molar-refractivity contribution in [2.24, 2.45) is 4.99 Å². The lowest BCUT2D eigenvalue weighted by Gasteiger charge is -2.16. The Hall–Kier alpha value is -2.26. The van der Waals surface area contributed by atoms with Gasteiger partial charge in [0.1, 0.15) is 5.75 Å². The van der Waals surface area contributed by atoms with Crippen molar-refractivity contribution >= 4 is 17.3 Å². The van der Waals surface area contributed by atoms with E-state index in [-0.39, 0.29) is 12.3 Å². The van der Waals surface area contributed by atoms with E-state index in [0.717, 1.165) is 4.88 Å². The average Bonchev–Trinajstić information content (AvgIpc) is 3.01. The molecule has 0 aliphatic carbocycles. The Kier molecular flexibility index (Phi) is 7.49. The van der Waals surface area contributed by atoms with Crippen molar-refractivity contribution in [3.8, 4) is 5.75 Å². The van der Waals surface area contributed by atoms with Crippen molar-refractivity contribution in [2.75, 3.05) is 13.1 Å². The fourth-order valence-electron chi connectivity index (χ4n) is 2.26. The van der Waals surface area contributed by atoms with Gasteiger partial charge in [0.15, 0.2) is 5.96 Å². The minimum absolute atomic E-state index is 0.161. The number of guanidine groups is 1. The van der Waals surface area contributed by atoms with E-state index in [1.165, 1.54) is 29.8 Å². The fourth-order valence-corrected chi connectivity index (χ4v) is 3.09. The summed E-state index contributed by atoms with van der Waals surface area (Å²) in [6.45, 7) is 5.31. The molecule has 1 heterocycles. The molecule has 1 aromatic carbocycles. The fraction of sp³-hybridized carbons (Fsp3) is 0.389. The maximum absolute atomic E-state index is 12.2. The zero-order valence-electron chi connectivity index (χ0n) is 15.0. The number of hydrogen-bond donors (Lipinski definition) is 3. The van der Waals surface area contributed by atoms with Crippen molar-refractivity contribution in [1.82, 2.24) is 10.6 Å². The highest BCUT2D eigenvalue weighted by Gasteiger charge is 2.31. The van der Waals surface area contributed by atoms with E-state index in [9.17, 15) is 18.3 Å². The van der Waals surface area contributed by atoms with Crippen molar-refractivity contribution in [2.45, 2.75) is 32.9 Å². The Labute approximate surface area is 159 Å². The van der Waals surface area contributed by atoms with Gasteiger partial charge in [-0.2, -0.15) is 0 Å². The Balaban J connectivity index is 1.92. The maximum atomic E-state index is 12.2. The first kappa shape index (κ1) is 21.0. The molecule has 0 aliphatic rings. The van der Waals surface area contributed by atoms with Crippen LogP contribution in [0.15, 0.2) is 40.7 Å². The number of aliphatic hydroxyl groups is 1. The van der Waals surface area contributed by atoms with E-state index >= 15 is 0 Å². The van der Waals surface area contributed by atoms with Crippen LogP contribution in [0.1, 0.15) is 29.0 Å². The van der Waals surface area contributed by atoms with Crippen molar-refractivity contribution < 1.29 is 23.0 Å². The van der Waals surface area contributed by atoms with E-state index in [1.807, 2.05) is 25.3 Å². The van der Waals surface area contributed by atoms with E-state index < -0.39 is 12.5 Å². The van der Waals surface area contributed by atoms with Gasteiger partial charge in [-0.25, -0.2) is 4.99 Å². The number of ether oxygens (including phenoxy) is 1. The molecule has 1 aromatic heterocycles. The lowest BCUT2D eigenvalue weighted by Crippen LogP contribution is -2.39. The molecule has 5 nitrogen and oxygen atoms in total. The molecule has 0 saturated heterocycles. The van der Waals surface area contributed by atoms with Gasteiger partial charge in [0.25, 0.3) is 0 Å². The second-order valence-electron chi connectivity index (χ2n) is 5.74. The van der Waals surface area contributed by atoms with Crippen LogP contribution in [0.25, 0.3) is 0 Å². The summed E-state index contributed by atoms with van der Waals surface area (Å²) in [5, 5.41) is 18.4. The number of thiophene rings is 1. The van der Waals surface area contributed by atoms with Gasteiger partial charge in [0.05, 0.1) is 12.6 Å². The highest BCUT2D eigenvalue weighted by Crippen LogP contribution is 2.24. The highest BCUT2D eigenvalue weighted by molar-refractivity contribution is 7.10. The standard InChI is InChI=1S/C18H22F3N3O2S/c1-3-22-17(24-11-16-12(2)8-9-27-16)23-10-15(25)13-4-6-14(7-5-13)26-18(19,20)21/h4-9,15,25H,3,10-11H2,1-2H3,(H2,22,23,24). The average molecular weight is 401 g/mol. The SMILES string of the molecule is CCNC(=NCc1sccc1C)NCC(O)c1ccc(OC(F)(F)F)cc1. The molecule has 148 valence electrons. The number of nitrogens with zero attached hydrogens (tertiary/aromatic N) is 1. The van der Waals surface area contributed by atoms with Crippen molar-refractivity contribution in [3.05, 3.63) is 51.7 Å². The molecular weight excluding hydrogens is 379 g/mol. The molecule has 0 fully saturated rings. The molecule has 27 heavy (non-hydrogen) atoms. The van der Waals surface area contributed by atoms with E-state index in [1.54, 1.807) is 11.3 Å². The molecule has 0 saturated carbocycles. The number of nitrogens with one attached hydrogen (secondary N) is 2. The zero-order chi connectivity index (χ0) is 19.9. The van der Waals surface area contributed by atoms with Gasteiger partial charge in [-0.15, -0.1) is 24.5 Å². The van der Waals surface area contributed by atoms with Crippen molar-refractivity contribution in [3.63, 3.8) is 0 Å². The minimum Gasteiger partial charge on any atom is -0.406 e. The van der Waals surface area contributed by atoms with Crippen LogP contribution in [0.3, 0.4) is 0 Å². The summed E-state index contributed by atoms with van der Waals surface area (Å²) in [4.78, 5) is 5.65. The van der Waals surface area contributed by atoms with E-state index in [4.69, 9.17) is 0 Å². The zero-order valence-corrected chi connectivity index (χ0v) is 15.8. The van der Waals surface area contributed by atoms with E-state index in [2.05, 4.69) is 20.4 Å². The molecule has 0 radical (unpaired) electrons. The lowest BCUT2D eigenvalue weighted by atomic mass is 10.1. The number of benzene rings is 1. The first-order chi connectivity index (χ1) is 12.8. The predicted octanol–water partition coefficient (Wildman–Crippen LogP) is 3.74. The highest BCUT2D eigenvalue weighted by atomic mass is 32.1. The normalized spacial score (nSPS) is 13.3. The third-order valence-electron chi connectivity index (χ3n) is 3.65. The van der Waals surface area contributed by atoms with Gasteiger partial charge >= 0.3 is 6.36 Å². The van der Waals surface area contributed by atoms with Crippen LogP contribution in [-0.2, 0) is 6.54 Å². The lowest BCUT2D eigenvalue weighted by molar-refractivity contribution is -0.274. The number of aliphatic hydroxyl groups excluding tert-OH is 1. The Morgan fingerprint density at radius 2 is 1.93 bits per heavy atom. The molecule has 0 amide bonds. The maximum Gasteiger partial charge on any atom is 0.573 e. The minimum atomic E-state index is -4.74. The molecule has 1 atom stereocenters. The summed E-state index contributed by atoms with van der Waals surface area (Å²) in [5.74, 6) is 0.231. The predicted molar refractivity (Wildman–Crippen MR) is 100.0 cm³/mol.